The average molecular weight is 492 g/mol. The van der Waals surface area contributed by atoms with Crippen LogP contribution in [0.2, 0.25) is 0 Å². The Labute approximate surface area is 181 Å². The second-order valence-electron chi connectivity index (χ2n) is 8.20. The molecule has 6 nitrogen and oxygen atoms in total. The van der Waals surface area contributed by atoms with E-state index in [1.54, 1.807) is 0 Å². The fourth-order valence-electron chi connectivity index (χ4n) is 3.84. The Bertz CT molecular complexity index is 517. The molecule has 2 heterocycles. The normalized spacial score (nSPS) is 25.3. The Hall–Kier alpha value is -0.990. The number of fused-ring (bicyclic) bond motifs is 2. The van der Waals surface area contributed by atoms with Gasteiger partial charge in [-0.1, -0.05) is 12.2 Å². The third kappa shape index (κ3) is 7.50. The Balaban J connectivity index is 0.00000364. The Morgan fingerprint density at radius 2 is 1.89 bits per heavy atom. The number of nitrogens with one attached hydrogen (secondary N) is 2. The van der Waals surface area contributed by atoms with E-state index in [2.05, 4.69) is 34.7 Å². The van der Waals surface area contributed by atoms with Gasteiger partial charge in [0.25, 0.3) is 0 Å². The summed E-state index contributed by atoms with van der Waals surface area (Å²) in [4.78, 5) is 19.2. The lowest BCUT2D eigenvalue weighted by atomic mass is 9.98. The first-order valence-electron chi connectivity index (χ1n) is 10.0. The number of amides is 1. The largest absolute Gasteiger partial charge is 0.444 e. The number of carbonyl (C=O) groups is 1. The second kappa shape index (κ2) is 11.1. The summed E-state index contributed by atoms with van der Waals surface area (Å²) in [5, 5.41) is 6.91. The molecule has 2 rings (SSSR count). The first-order valence-corrected chi connectivity index (χ1v) is 10.0. The summed E-state index contributed by atoms with van der Waals surface area (Å²) in [6, 6.07) is 0.893. The molecule has 0 spiro atoms. The van der Waals surface area contributed by atoms with Crippen LogP contribution in [-0.4, -0.2) is 53.8 Å². The van der Waals surface area contributed by atoms with E-state index in [4.69, 9.17) is 4.74 Å². The molecule has 0 aromatic carbocycles. The molecule has 2 bridgehead atoms. The summed E-state index contributed by atoms with van der Waals surface area (Å²) in [7, 11) is 0. The van der Waals surface area contributed by atoms with Crippen LogP contribution in [0.5, 0.6) is 0 Å². The van der Waals surface area contributed by atoms with E-state index in [-0.39, 0.29) is 42.2 Å². The van der Waals surface area contributed by atoms with Crippen molar-refractivity contribution in [1.29, 1.82) is 0 Å². The minimum atomic E-state index is -0.441. The molecule has 2 aliphatic rings. The van der Waals surface area contributed by atoms with Gasteiger partial charge in [0, 0.05) is 31.2 Å². The molecule has 2 fully saturated rings. The zero-order valence-electron chi connectivity index (χ0n) is 17.5. The van der Waals surface area contributed by atoms with Gasteiger partial charge in [-0.3, -0.25) is 4.99 Å². The number of nitrogens with zero attached hydrogens (tertiary/aromatic N) is 2. The van der Waals surface area contributed by atoms with Crippen LogP contribution in [0.3, 0.4) is 0 Å². The molecule has 156 valence electrons. The van der Waals surface area contributed by atoms with Crippen molar-refractivity contribution in [3.05, 3.63) is 12.2 Å². The summed E-state index contributed by atoms with van der Waals surface area (Å²) in [6.45, 7) is 11.5. The van der Waals surface area contributed by atoms with Gasteiger partial charge in [-0.05, 0) is 66.7 Å². The number of aliphatic imine (C=N–C) groups is 1. The predicted molar refractivity (Wildman–Crippen MR) is 122 cm³/mol. The van der Waals surface area contributed by atoms with E-state index >= 15 is 0 Å². The highest BCUT2D eigenvalue weighted by Crippen LogP contribution is 2.36. The Morgan fingerprint density at radius 1 is 1.26 bits per heavy atom. The summed E-state index contributed by atoms with van der Waals surface area (Å²) in [6.07, 6.45) is 9.02. The summed E-state index contributed by atoms with van der Waals surface area (Å²) < 4.78 is 5.61. The maximum atomic E-state index is 12.5. The number of ether oxygens (including phenoxy) is 1. The standard InChI is InChI=1S/C20H36N4O2.HI/c1-6-8-9-12-22-18(21-7-2)23-15-13-16-10-11-17(14-15)24(16)19(25)26-20(3,4)5;/h6,8,15-17H,7,9-14H2,1-5H3,(H2,21,22,23);1H/b8-6+;. The van der Waals surface area contributed by atoms with Crippen LogP contribution in [0.4, 0.5) is 4.79 Å². The maximum absolute atomic E-state index is 12.5. The molecule has 0 saturated carbocycles. The summed E-state index contributed by atoms with van der Waals surface area (Å²) in [5.74, 6) is 0.882. The molecular weight excluding hydrogens is 455 g/mol. The molecule has 2 unspecified atom stereocenters. The molecular formula is C20H37IN4O2. The predicted octanol–water partition coefficient (Wildman–Crippen LogP) is 4.06. The van der Waals surface area contributed by atoms with Gasteiger partial charge in [0.15, 0.2) is 5.96 Å². The molecule has 2 saturated heterocycles. The monoisotopic (exact) mass is 492 g/mol. The lowest BCUT2D eigenvalue weighted by Crippen LogP contribution is -2.55. The van der Waals surface area contributed by atoms with Gasteiger partial charge in [0.1, 0.15) is 5.60 Å². The molecule has 7 heteroatoms. The first-order chi connectivity index (χ1) is 12.3. The van der Waals surface area contributed by atoms with Crippen molar-refractivity contribution in [3.8, 4) is 0 Å². The van der Waals surface area contributed by atoms with Gasteiger partial charge >= 0.3 is 6.09 Å². The van der Waals surface area contributed by atoms with E-state index in [0.717, 1.165) is 51.2 Å². The van der Waals surface area contributed by atoms with E-state index in [9.17, 15) is 4.79 Å². The van der Waals surface area contributed by atoms with Crippen LogP contribution in [0.1, 0.15) is 66.7 Å². The highest BCUT2D eigenvalue weighted by molar-refractivity contribution is 14.0. The van der Waals surface area contributed by atoms with E-state index in [1.807, 2.05) is 32.6 Å². The van der Waals surface area contributed by atoms with Crippen molar-refractivity contribution in [3.63, 3.8) is 0 Å². The SMILES string of the molecule is C/C=C/CCN=C(NCC)NC1CC2CCC(C1)N2C(=O)OC(C)(C)C.I. The Morgan fingerprint density at radius 3 is 2.41 bits per heavy atom. The average Bonchev–Trinajstić information content (AvgIpc) is 2.82. The van der Waals surface area contributed by atoms with Gasteiger partial charge < -0.3 is 20.3 Å². The molecule has 0 radical (unpaired) electrons. The Kier molecular flexibility index (Phi) is 9.90. The van der Waals surface area contributed by atoms with Crippen molar-refractivity contribution in [2.75, 3.05) is 13.1 Å². The van der Waals surface area contributed by atoms with Gasteiger partial charge in [-0.25, -0.2) is 4.79 Å². The smallest absolute Gasteiger partial charge is 0.410 e. The summed E-state index contributed by atoms with van der Waals surface area (Å²) >= 11 is 0. The number of allylic oxidation sites excluding steroid dienone is 1. The number of halogens is 1. The van der Waals surface area contributed by atoms with Crippen molar-refractivity contribution in [1.82, 2.24) is 15.5 Å². The summed E-state index contributed by atoms with van der Waals surface area (Å²) in [5.41, 5.74) is -0.441. The van der Waals surface area contributed by atoms with Gasteiger partial charge in [-0.2, -0.15) is 0 Å². The lowest BCUT2D eigenvalue weighted by Gasteiger charge is -2.40. The van der Waals surface area contributed by atoms with Crippen LogP contribution in [0, 0.1) is 0 Å². The molecule has 2 N–H and O–H groups in total. The van der Waals surface area contributed by atoms with E-state index in [0.29, 0.717) is 6.04 Å². The van der Waals surface area contributed by atoms with Crippen LogP contribution < -0.4 is 10.6 Å². The number of rotatable bonds is 5. The fraction of sp³-hybridized carbons (Fsp3) is 0.800. The zero-order valence-corrected chi connectivity index (χ0v) is 19.8. The quantitative estimate of drug-likeness (QED) is 0.200. The topological polar surface area (TPSA) is 66.0 Å². The van der Waals surface area contributed by atoms with Gasteiger partial charge in [-0.15, -0.1) is 24.0 Å². The maximum Gasteiger partial charge on any atom is 0.410 e. The number of hydrogen-bond donors (Lipinski definition) is 2. The molecule has 0 aliphatic carbocycles. The van der Waals surface area contributed by atoms with Crippen molar-refractivity contribution in [2.45, 2.75) is 90.4 Å². The minimum absolute atomic E-state index is 0. The molecule has 27 heavy (non-hydrogen) atoms. The molecule has 2 atom stereocenters. The number of carbonyl (C=O) groups excluding carboxylic acids is 1. The zero-order chi connectivity index (χ0) is 19.2. The fourth-order valence-corrected chi connectivity index (χ4v) is 3.84. The third-order valence-corrected chi connectivity index (χ3v) is 4.82. The molecule has 0 aromatic rings. The molecule has 2 aliphatic heterocycles. The highest BCUT2D eigenvalue weighted by atomic mass is 127. The number of piperidine rings is 1. The van der Waals surface area contributed by atoms with Crippen LogP contribution >= 0.6 is 24.0 Å². The van der Waals surface area contributed by atoms with E-state index < -0.39 is 5.60 Å². The lowest BCUT2D eigenvalue weighted by molar-refractivity contribution is 0.00545. The second-order valence-corrected chi connectivity index (χ2v) is 8.20. The van der Waals surface area contributed by atoms with Crippen LogP contribution in [0.25, 0.3) is 0 Å². The van der Waals surface area contributed by atoms with Crippen LogP contribution in [-0.2, 0) is 4.74 Å². The third-order valence-electron chi connectivity index (χ3n) is 4.82. The van der Waals surface area contributed by atoms with Crippen molar-refractivity contribution in [2.24, 2.45) is 4.99 Å². The van der Waals surface area contributed by atoms with Crippen LogP contribution in [0.15, 0.2) is 17.1 Å². The van der Waals surface area contributed by atoms with Crippen molar-refractivity contribution < 1.29 is 9.53 Å². The molecule has 1 amide bonds. The minimum Gasteiger partial charge on any atom is -0.444 e. The highest BCUT2D eigenvalue weighted by Gasteiger charge is 2.45. The number of guanidine groups is 1. The van der Waals surface area contributed by atoms with Crippen molar-refractivity contribution >= 4 is 36.0 Å². The van der Waals surface area contributed by atoms with Gasteiger partial charge in [0.2, 0.25) is 0 Å². The molecule has 0 aromatic heterocycles. The number of hydrogen-bond acceptors (Lipinski definition) is 3. The van der Waals surface area contributed by atoms with E-state index in [1.165, 1.54) is 0 Å². The first kappa shape index (κ1) is 24.0. The van der Waals surface area contributed by atoms with Gasteiger partial charge in [0.05, 0.1) is 0 Å².